The van der Waals surface area contributed by atoms with Gasteiger partial charge in [-0.25, -0.2) is 0 Å². The maximum atomic E-state index is 10.3. The highest BCUT2D eigenvalue weighted by molar-refractivity contribution is 5.52. The lowest BCUT2D eigenvalue weighted by Gasteiger charge is -2.06. The molecule has 1 rings (SSSR count). The van der Waals surface area contributed by atoms with Gasteiger partial charge < -0.3 is 14.3 Å². The first-order chi connectivity index (χ1) is 7.26. The van der Waals surface area contributed by atoms with E-state index in [4.69, 9.17) is 9.47 Å². The Morgan fingerprint density at radius 2 is 2.00 bits per heavy atom. The summed E-state index contributed by atoms with van der Waals surface area (Å²) in [5, 5.41) is 0. The van der Waals surface area contributed by atoms with Crippen LogP contribution in [0.5, 0.6) is 5.75 Å². The molecule has 0 bridgehead atoms. The second kappa shape index (κ2) is 6.19. The van der Waals surface area contributed by atoms with Crippen LogP contribution in [0.4, 0.5) is 0 Å². The monoisotopic (exact) mass is 208 g/mol. The minimum Gasteiger partial charge on any atom is -0.497 e. The molecule has 0 spiro atoms. The number of rotatable bonds is 6. The number of carbonyl (C=O) groups is 1. The fourth-order valence-corrected chi connectivity index (χ4v) is 1.12. The summed E-state index contributed by atoms with van der Waals surface area (Å²) >= 11 is 0. The van der Waals surface area contributed by atoms with Crippen molar-refractivity contribution in [1.82, 2.24) is 0 Å². The maximum Gasteiger partial charge on any atom is 0.125 e. The topological polar surface area (TPSA) is 35.5 Å². The molecule has 3 heteroatoms. The van der Waals surface area contributed by atoms with Gasteiger partial charge in [-0.3, -0.25) is 0 Å². The predicted molar refractivity (Wildman–Crippen MR) is 57.9 cm³/mol. The van der Waals surface area contributed by atoms with Crippen molar-refractivity contribution >= 4 is 6.29 Å². The first-order valence-corrected chi connectivity index (χ1v) is 4.92. The minimum atomic E-state index is -0.0387. The van der Waals surface area contributed by atoms with Crippen molar-refractivity contribution in [2.45, 2.75) is 13.5 Å². The van der Waals surface area contributed by atoms with E-state index >= 15 is 0 Å². The first-order valence-electron chi connectivity index (χ1n) is 4.92. The molecule has 0 heterocycles. The molecule has 0 aromatic heterocycles. The van der Waals surface area contributed by atoms with Crippen molar-refractivity contribution in [2.24, 2.45) is 5.92 Å². The molecular formula is C12H16O3. The molecular weight excluding hydrogens is 192 g/mol. The van der Waals surface area contributed by atoms with Gasteiger partial charge in [-0.1, -0.05) is 19.1 Å². The second-order valence-electron chi connectivity index (χ2n) is 3.48. The number of ether oxygens (including phenoxy) is 2. The van der Waals surface area contributed by atoms with E-state index < -0.39 is 0 Å². The van der Waals surface area contributed by atoms with Gasteiger partial charge in [0.15, 0.2) is 0 Å². The van der Waals surface area contributed by atoms with Crippen LogP contribution in [-0.4, -0.2) is 20.0 Å². The van der Waals surface area contributed by atoms with Gasteiger partial charge in [-0.15, -0.1) is 0 Å². The van der Waals surface area contributed by atoms with Crippen molar-refractivity contribution in [3.8, 4) is 5.75 Å². The van der Waals surface area contributed by atoms with Crippen molar-refractivity contribution in [3.63, 3.8) is 0 Å². The summed E-state index contributed by atoms with van der Waals surface area (Å²) in [6.07, 6.45) is 0.897. The molecule has 0 aliphatic rings. The van der Waals surface area contributed by atoms with Crippen molar-refractivity contribution in [2.75, 3.05) is 13.7 Å². The van der Waals surface area contributed by atoms with Gasteiger partial charge in [0.25, 0.3) is 0 Å². The van der Waals surface area contributed by atoms with Crippen molar-refractivity contribution in [3.05, 3.63) is 29.8 Å². The number of aldehydes is 1. The molecule has 15 heavy (non-hydrogen) atoms. The van der Waals surface area contributed by atoms with Crippen LogP contribution in [-0.2, 0) is 16.1 Å². The van der Waals surface area contributed by atoms with Gasteiger partial charge in [-0.05, 0) is 17.7 Å². The van der Waals surface area contributed by atoms with Crippen LogP contribution in [0.3, 0.4) is 0 Å². The summed E-state index contributed by atoms with van der Waals surface area (Å²) in [7, 11) is 1.64. The van der Waals surface area contributed by atoms with E-state index in [2.05, 4.69) is 0 Å². The lowest BCUT2D eigenvalue weighted by atomic mass is 10.2. The molecule has 0 amide bonds. The molecule has 1 aromatic rings. The fraction of sp³-hybridized carbons (Fsp3) is 0.417. The Morgan fingerprint density at radius 3 is 2.53 bits per heavy atom. The molecule has 0 unspecified atom stereocenters. The average Bonchev–Trinajstić information content (AvgIpc) is 2.29. The number of carbonyl (C=O) groups excluding carboxylic acids is 1. The number of benzene rings is 1. The van der Waals surface area contributed by atoms with Crippen LogP contribution in [0.1, 0.15) is 12.5 Å². The van der Waals surface area contributed by atoms with E-state index in [9.17, 15) is 4.79 Å². The molecule has 1 atom stereocenters. The summed E-state index contributed by atoms with van der Waals surface area (Å²) in [6.45, 7) is 2.83. The highest BCUT2D eigenvalue weighted by Crippen LogP contribution is 2.12. The van der Waals surface area contributed by atoms with Crippen molar-refractivity contribution in [1.29, 1.82) is 0 Å². The zero-order valence-corrected chi connectivity index (χ0v) is 9.10. The highest BCUT2D eigenvalue weighted by Gasteiger charge is 2.00. The number of methoxy groups -OCH3 is 1. The normalized spacial score (nSPS) is 12.1. The third kappa shape index (κ3) is 4.13. The molecule has 0 radical (unpaired) electrons. The van der Waals surface area contributed by atoms with Crippen LogP contribution in [0.15, 0.2) is 24.3 Å². The Hall–Kier alpha value is -1.35. The molecule has 0 saturated heterocycles. The van der Waals surface area contributed by atoms with Crippen LogP contribution in [0, 0.1) is 5.92 Å². The van der Waals surface area contributed by atoms with Gasteiger partial charge in [0.2, 0.25) is 0 Å². The van der Waals surface area contributed by atoms with E-state index in [1.807, 2.05) is 31.2 Å². The molecule has 3 nitrogen and oxygen atoms in total. The van der Waals surface area contributed by atoms with Crippen LogP contribution < -0.4 is 4.74 Å². The Morgan fingerprint density at radius 1 is 1.33 bits per heavy atom. The summed E-state index contributed by atoms with van der Waals surface area (Å²) in [5.74, 6) is 0.795. The molecule has 1 aromatic carbocycles. The van der Waals surface area contributed by atoms with Gasteiger partial charge in [0.05, 0.1) is 20.3 Å². The molecule has 0 N–H and O–H groups in total. The third-order valence-corrected chi connectivity index (χ3v) is 2.04. The van der Waals surface area contributed by atoms with Gasteiger partial charge in [-0.2, -0.15) is 0 Å². The van der Waals surface area contributed by atoms with Crippen LogP contribution in [0.25, 0.3) is 0 Å². The van der Waals surface area contributed by atoms with Gasteiger partial charge in [0.1, 0.15) is 12.0 Å². The summed E-state index contributed by atoms with van der Waals surface area (Å²) in [5.41, 5.74) is 1.08. The first kappa shape index (κ1) is 11.7. The smallest absolute Gasteiger partial charge is 0.125 e. The Kier molecular flexibility index (Phi) is 4.84. The fourth-order valence-electron chi connectivity index (χ4n) is 1.12. The Bertz CT molecular complexity index is 292. The number of hydrogen-bond donors (Lipinski definition) is 0. The lowest BCUT2D eigenvalue weighted by Crippen LogP contribution is -2.06. The Balaban J connectivity index is 2.34. The summed E-state index contributed by atoms with van der Waals surface area (Å²) in [6, 6.07) is 7.68. The maximum absolute atomic E-state index is 10.3. The third-order valence-electron chi connectivity index (χ3n) is 2.04. The minimum absolute atomic E-state index is 0.0387. The molecule has 82 valence electrons. The van der Waals surface area contributed by atoms with Gasteiger partial charge in [0, 0.05) is 5.92 Å². The zero-order valence-electron chi connectivity index (χ0n) is 9.10. The van der Waals surface area contributed by atoms with E-state index in [0.29, 0.717) is 13.2 Å². The van der Waals surface area contributed by atoms with E-state index in [1.54, 1.807) is 7.11 Å². The van der Waals surface area contributed by atoms with E-state index in [0.717, 1.165) is 17.6 Å². The molecule has 0 aliphatic carbocycles. The zero-order chi connectivity index (χ0) is 11.1. The van der Waals surface area contributed by atoms with Crippen molar-refractivity contribution < 1.29 is 14.3 Å². The lowest BCUT2D eigenvalue weighted by molar-refractivity contribution is -0.112. The number of hydrogen-bond acceptors (Lipinski definition) is 3. The Labute approximate surface area is 90.0 Å². The SMILES string of the molecule is COc1ccc(COC[C@@H](C)C=O)cc1. The largest absolute Gasteiger partial charge is 0.497 e. The van der Waals surface area contributed by atoms with Crippen LogP contribution in [0.2, 0.25) is 0 Å². The molecule has 0 aliphatic heterocycles. The standard InChI is InChI=1S/C12H16O3/c1-10(7-13)8-15-9-11-3-5-12(14-2)6-4-11/h3-7,10H,8-9H2,1-2H3/t10-/m0/s1. The molecule has 0 saturated carbocycles. The van der Waals surface area contributed by atoms with Gasteiger partial charge >= 0.3 is 0 Å². The predicted octanol–water partition coefficient (Wildman–Crippen LogP) is 2.05. The van der Waals surface area contributed by atoms with E-state index in [-0.39, 0.29) is 5.92 Å². The van der Waals surface area contributed by atoms with E-state index in [1.165, 1.54) is 0 Å². The molecule has 0 fully saturated rings. The highest BCUT2D eigenvalue weighted by atomic mass is 16.5. The van der Waals surface area contributed by atoms with Crippen LogP contribution >= 0.6 is 0 Å². The summed E-state index contributed by atoms with van der Waals surface area (Å²) in [4.78, 5) is 10.3. The quantitative estimate of drug-likeness (QED) is 0.671. The average molecular weight is 208 g/mol. The summed E-state index contributed by atoms with van der Waals surface area (Å²) < 4.78 is 10.4. The second-order valence-corrected chi connectivity index (χ2v) is 3.48.